The van der Waals surface area contributed by atoms with E-state index in [4.69, 9.17) is 0 Å². The van der Waals surface area contributed by atoms with Crippen LogP contribution in [0.2, 0.25) is 0 Å². The highest BCUT2D eigenvalue weighted by Crippen LogP contribution is 2.23. The van der Waals surface area contributed by atoms with Crippen molar-refractivity contribution in [3.05, 3.63) is 51.5 Å². The Kier molecular flexibility index (Phi) is 6.20. The number of likely N-dealkylation sites (tertiary alicyclic amines) is 1. The standard InChI is InChI=1S/C21H26N2O2S/c1-15-20(26-16(2)22-15)13-21(25)23-12-6-9-18(14-23)19(24)11-10-17-7-4-3-5-8-17/h3-5,7-8,18H,6,9-14H2,1-2H3. The first-order valence-corrected chi connectivity index (χ1v) is 10.1. The molecule has 26 heavy (non-hydrogen) atoms. The summed E-state index contributed by atoms with van der Waals surface area (Å²) in [6, 6.07) is 10.1. The van der Waals surface area contributed by atoms with Crippen molar-refractivity contribution in [2.45, 2.75) is 46.0 Å². The molecule has 1 aromatic heterocycles. The van der Waals surface area contributed by atoms with Crippen molar-refractivity contribution in [1.82, 2.24) is 9.88 Å². The third-order valence-electron chi connectivity index (χ3n) is 5.04. The molecule has 1 amide bonds. The number of aryl methyl sites for hydroxylation is 3. The Bertz CT molecular complexity index is 770. The van der Waals surface area contributed by atoms with Gasteiger partial charge in [0.25, 0.3) is 0 Å². The Morgan fingerprint density at radius 2 is 2.00 bits per heavy atom. The van der Waals surface area contributed by atoms with Gasteiger partial charge in [-0.15, -0.1) is 11.3 Å². The summed E-state index contributed by atoms with van der Waals surface area (Å²) in [6.45, 7) is 5.26. The summed E-state index contributed by atoms with van der Waals surface area (Å²) < 4.78 is 0. The molecule has 2 aromatic rings. The van der Waals surface area contributed by atoms with Gasteiger partial charge < -0.3 is 4.90 Å². The Morgan fingerprint density at radius 1 is 1.23 bits per heavy atom. The lowest BCUT2D eigenvalue weighted by Crippen LogP contribution is -2.43. The third-order valence-corrected chi connectivity index (χ3v) is 6.12. The lowest BCUT2D eigenvalue weighted by atomic mass is 9.90. The number of hydrogen-bond acceptors (Lipinski definition) is 4. The van der Waals surface area contributed by atoms with Crippen LogP contribution in [0.3, 0.4) is 0 Å². The van der Waals surface area contributed by atoms with Crippen LogP contribution in [0.25, 0.3) is 0 Å². The van der Waals surface area contributed by atoms with Gasteiger partial charge in [-0.1, -0.05) is 30.3 Å². The van der Waals surface area contributed by atoms with Gasteiger partial charge in [0.15, 0.2) is 0 Å². The predicted octanol–water partition coefficient (Wildman–Crippen LogP) is 3.74. The number of thiazole rings is 1. The molecule has 1 saturated heterocycles. The molecule has 0 N–H and O–H groups in total. The first kappa shape index (κ1) is 18.8. The zero-order valence-electron chi connectivity index (χ0n) is 15.5. The van der Waals surface area contributed by atoms with Crippen molar-refractivity contribution < 1.29 is 9.59 Å². The lowest BCUT2D eigenvalue weighted by molar-refractivity contribution is -0.134. The minimum absolute atomic E-state index is 0.0132. The van der Waals surface area contributed by atoms with Crippen LogP contribution in [-0.4, -0.2) is 34.7 Å². The Hall–Kier alpha value is -2.01. The molecule has 1 aliphatic rings. The molecule has 0 spiro atoms. The van der Waals surface area contributed by atoms with E-state index in [0.717, 1.165) is 41.4 Å². The molecular weight excluding hydrogens is 344 g/mol. The smallest absolute Gasteiger partial charge is 0.227 e. The van der Waals surface area contributed by atoms with Gasteiger partial charge in [-0.05, 0) is 38.7 Å². The summed E-state index contributed by atoms with van der Waals surface area (Å²) in [6.07, 6.45) is 3.56. The normalized spacial score (nSPS) is 17.3. The number of amides is 1. The molecule has 1 aromatic carbocycles. The van der Waals surface area contributed by atoms with E-state index in [1.54, 1.807) is 11.3 Å². The molecule has 0 aliphatic carbocycles. The largest absolute Gasteiger partial charge is 0.342 e. The van der Waals surface area contributed by atoms with Gasteiger partial charge in [0, 0.05) is 30.3 Å². The Morgan fingerprint density at radius 3 is 2.69 bits per heavy atom. The topological polar surface area (TPSA) is 50.3 Å². The second kappa shape index (κ2) is 8.58. The molecular formula is C21H26N2O2S. The zero-order valence-corrected chi connectivity index (χ0v) is 16.3. The van der Waals surface area contributed by atoms with E-state index in [-0.39, 0.29) is 17.6 Å². The number of carbonyl (C=O) groups is 2. The number of rotatable bonds is 6. The summed E-state index contributed by atoms with van der Waals surface area (Å²) in [5.74, 6) is 0.397. The Balaban J connectivity index is 1.53. The summed E-state index contributed by atoms with van der Waals surface area (Å²) in [4.78, 5) is 32.6. The number of benzene rings is 1. The van der Waals surface area contributed by atoms with Crippen LogP contribution < -0.4 is 0 Å². The molecule has 0 bridgehead atoms. The monoisotopic (exact) mass is 370 g/mol. The molecule has 4 nitrogen and oxygen atoms in total. The van der Waals surface area contributed by atoms with Gasteiger partial charge in [-0.2, -0.15) is 0 Å². The number of ketones is 1. The van der Waals surface area contributed by atoms with Crippen LogP contribution in [0.5, 0.6) is 0 Å². The number of Topliss-reactive ketones (excluding diaryl/α,β-unsaturated/α-hetero) is 1. The van der Waals surface area contributed by atoms with Gasteiger partial charge in [-0.3, -0.25) is 9.59 Å². The number of aromatic nitrogens is 1. The highest BCUT2D eigenvalue weighted by Gasteiger charge is 2.28. The van der Waals surface area contributed by atoms with Crippen molar-refractivity contribution in [3.8, 4) is 0 Å². The molecule has 0 saturated carbocycles. The third kappa shape index (κ3) is 4.79. The van der Waals surface area contributed by atoms with Gasteiger partial charge in [0.05, 0.1) is 17.1 Å². The van der Waals surface area contributed by atoms with Crippen LogP contribution in [0, 0.1) is 19.8 Å². The summed E-state index contributed by atoms with van der Waals surface area (Å²) in [7, 11) is 0. The van der Waals surface area contributed by atoms with Gasteiger partial charge in [0.2, 0.25) is 5.91 Å². The lowest BCUT2D eigenvalue weighted by Gasteiger charge is -2.32. The second-order valence-corrected chi connectivity index (χ2v) is 8.34. The van der Waals surface area contributed by atoms with Gasteiger partial charge >= 0.3 is 0 Å². The average Bonchev–Trinajstić information content (AvgIpc) is 2.97. The molecule has 0 radical (unpaired) electrons. The van der Waals surface area contributed by atoms with E-state index in [0.29, 0.717) is 19.4 Å². The minimum Gasteiger partial charge on any atom is -0.342 e. The van der Waals surface area contributed by atoms with Gasteiger partial charge in [0.1, 0.15) is 5.78 Å². The number of carbonyl (C=O) groups excluding carboxylic acids is 2. The summed E-state index contributed by atoms with van der Waals surface area (Å²) in [5, 5.41) is 0.998. The fraction of sp³-hybridized carbons (Fsp3) is 0.476. The maximum atomic E-state index is 12.7. The van der Waals surface area contributed by atoms with Crippen molar-refractivity contribution in [2.24, 2.45) is 5.92 Å². The molecule has 1 aliphatic heterocycles. The van der Waals surface area contributed by atoms with E-state index in [2.05, 4.69) is 17.1 Å². The molecule has 138 valence electrons. The van der Waals surface area contributed by atoms with Crippen molar-refractivity contribution in [2.75, 3.05) is 13.1 Å². The molecule has 5 heteroatoms. The van der Waals surface area contributed by atoms with E-state index < -0.39 is 0 Å². The number of nitrogens with zero attached hydrogens (tertiary/aromatic N) is 2. The molecule has 3 rings (SSSR count). The fourth-order valence-corrected chi connectivity index (χ4v) is 4.50. The predicted molar refractivity (Wildman–Crippen MR) is 104 cm³/mol. The van der Waals surface area contributed by atoms with Crippen LogP contribution in [-0.2, 0) is 22.4 Å². The number of hydrogen-bond donors (Lipinski definition) is 0. The fourth-order valence-electron chi connectivity index (χ4n) is 3.57. The van der Waals surface area contributed by atoms with E-state index in [9.17, 15) is 9.59 Å². The van der Waals surface area contributed by atoms with E-state index in [1.165, 1.54) is 5.56 Å². The van der Waals surface area contributed by atoms with Crippen molar-refractivity contribution in [1.29, 1.82) is 0 Å². The highest BCUT2D eigenvalue weighted by atomic mass is 32.1. The summed E-state index contributed by atoms with van der Waals surface area (Å²) >= 11 is 1.59. The second-order valence-electron chi connectivity index (χ2n) is 7.05. The Labute approximate surface area is 159 Å². The van der Waals surface area contributed by atoms with Crippen molar-refractivity contribution in [3.63, 3.8) is 0 Å². The van der Waals surface area contributed by atoms with Crippen molar-refractivity contribution >= 4 is 23.0 Å². The molecule has 1 atom stereocenters. The van der Waals surface area contributed by atoms with E-state index in [1.807, 2.05) is 36.9 Å². The van der Waals surface area contributed by atoms with E-state index >= 15 is 0 Å². The molecule has 1 unspecified atom stereocenters. The van der Waals surface area contributed by atoms with Crippen LogP contribution in [0.4, 0.5) is 0 Å². The van der Waals surface area contributed by atoms with Crippen LogP contribution in [0.15, 0.2) is 30.3 Å². The molecule has 2 heterocycles. The number of piperidine rings is 1. The molecule has 1 fully saturated rings. The first-order valence-electron chi connectivity index (χ1n) is 9.30. The average molecular weight is 371 g/mol. The first-order chi connectivity index (χ1) is 12.5. The maximum Gasteiger partial charge on any atom is 0.227 e. The zero-order chi connectivity index (χ0) is 18.5. The quantitative estimate of drug-likeness (QED) is 0.778. The van der Waals surface area contributed by atoms with Gasteiger partial charge in [-0.25, -0.2) is 4.98 Å². The minimum atomic E-state index is -0.0132. The highest BCUT2D eigenvalue weighted by molar-refractivity contribution is 7.11. The summed E-state index contributed by atoms with van der Waals surface area (Å²) in [5.41, 5.74) is 2.15. The van der Waals surface area contributed by atoms with Crippen LogP contribution >= 0.6 is 11.3 Å². The SMILES string of the molecule is Cc1nc(C)c(CC(=O)N2CCCC(C(=O)CCc3ccccc3)C2)s1. The van der Waals surface area contributed by atoms with Crippen LogP contribution in [0.1, 0.15) is 40.4 Å². The maximum absolute atomic E-state index is 12.7.